The lowest BCUT2D eigenvalue weighted by Gasteiger charge is -2.20. The fraction of sp³-hybridized carbons (Fsp3) is 0.0476. The van der Waals surface area contributed by atoms with Gasteiger partial charge in [0.1, 0.15) is 0 Å². The quantitative estimate of drug-likeness (QED) is 0.190. The molecule has 0 heteroatoms. The second-order valence-corrected chi connectivity index (χ2v) is 10.7. The van der Waals surface area contributed by atoms with E-state index >= 15 is 0 Å². The van der Waals surface area contributed by atoms with Crippen molar-refractivity contribution in [1.82, 2.24) is 0 Å². The Labute approximate surface area is 249 Å². The summed E-state index contributed by atoms with van der Waals surface area (Å²) in [6, 6.07) is 37.5. The first-order chi connectivity index (χ1) is 20.6. The van der Waals surface area contributed by atoms with Gasteiger partial charge in [-0.2, -0.15) is 0 Å². The number of aryl methyl sites for hydroxylation is 1. The topological polar surface area (TPSA) is 0 Å². The van der Waals surface area contributed by atoms with Crippen LogP contribution < -0.4 is 0 Å². The summed E-state index contributed by atoms with van der Waals surface area (Å²) in [5.74, 6) is 0. The van der Waals surface area contributed by atoms with Crippen molar-refractivity contribution >= 4 is 45.8 Å². The van der Waals surface area contributed by atoms with Crippen LogP contribution in [0, 0.1) is 6.92 Å². The molecule has 0 nitrogen and oxygen atoms in total. The minimum Gasteiger partial charge on any atom is -0.0984 e. The summed E-state index contributed by atoms with van der Waals surface area (Å²) in [4.78, 5) is 0. The fourth-order valence-corrected chi connectivity index (χ4v) is 6.14. The Balaban J connectivity index is 1.54. The lowest BCUT2D eigenvalue weighted by molar-refractivity contribution is 1.50. The number of benzene rings is 6. The molecular weight excluding hydrogens is 504 g/mol. The van der Waals surface area contributed by atoms with Crippen LogP contribution in [0.15, 0.2) is 129 Å². The van der Waals surface area contributed by atoms with E-state index < -0.39 is 0 Å². The van der Waals surface area contributed by atoms with Gasteiger partial charge < -0.3 is 0 Å². The highest BCUT2D eigenvalue weighted by atomic mass is 14.2. The van der Waals surface area contributed by atoms with E-state index in [4.69, 9.17) is 0 Å². The molecule has 0 aliphatic carbocycles. The third-order valence-electron chi connectivity index (χ3n) is 8.15. The molecule has 0 saturated carbocycles. The molecule has 0 aliphatic heterocycles. The third kappa shape index (κ3) is 4.72. The predicted molar refractivity (Wildman–Crippen MR) is 187 cm³/mol. The Hall–Kier alpha value is -5.20. The molecule has 0 bridgehead atoms. The summed E-state index contributed by atoms with van der Waals surface area (Å²) < 4.78 is 0. The molecule has 0 amide bonds. The number of hydrogen-bond acceptors (Lipinski definition) is 0. The van der Waals surface area contributed by atoms with E-state index in [0.717, 1.165) is 22.3 Å². The van der Waals surface area contributed by atoms with E-state index in [-0.39, 0.29) is 0 Å². The SMILES string of the molecule is C=Cc1ccc(-c2ccc(-c3c(C=C)c(C=C)c(-c4ccc5cc(C)ccc5c4)c4ccccc34)cc2)cc1/C=C\C. The molecule has 0 atom stereocenters. The minimum absolute atomic E-state index is 1.10. The van der Waals surface area contributed by atoms with Crippen LogP contribution in [0.4, 0.5) is 0 Å². The Morgan fingerprint density at radius 3 is 1.71 bits per heavy atom. The molecule has 0 unspecified atom stereocenters. The average molecular weight is 539 g/mol. The molecule has 0 N–H and O–H groups in total. The van der Waals surface area contributed by atoms with Gasteiger partial charge in [0.25, 0.3) is 0 Å². The Morgan fingerprint density at radius 2 is 1.07 bits per heavy atom. The van der Waals surface area contributed by atoms with Crippen LogP contribution in [0.1, 0.15) is 34.7 Å². The Bertz CT molecular complexity index is 2030. The molecule has 6 rings (SSSR count). The number of allylic oxidation sites excluding steroid dienone is 1. The molecule has 0 radical (unpaired) electrons. The van der Waals surface area contributed by atoms with Gasteiger partial charge in [-0.1, -0.05) is 147 Å². The van der Waals surface area contributed by atoms with E-state index in [1.54, 1.807) is 0 Å². The first kappa shape index (κ1) is 27.0. The van der Waals surface area contributed by atoms with Crippen LogP contribution in [-0.2, 0) is 0 Å². The zero-order valence-electron chi connectivity index (χ0n) is 24.3. The standard InChI is InChI=1S/C42H34/c1-6-12-32-26-34(22-17-29(32)7-2)30-18-20-31(21-19-30)41-37(8-3)38(9-4)42(40-14-11-10-13-39(40)41)36-24-23-33-25-28(5)15-16-35(33)27-36/h6-27H,2-4H2,1,5H3/b12-6-. The lowest BCUT2D eigenvalue weighted by Crippen LogP contribution is -1.96. The van der Waals surface area contributed by atoms with Gasteiger partial charge in [0, 0.05) is 0 Å². The van der Waals surface area contributed by atoms with Crippen molar-refractivity contribution in [3.05, 3.63) is 157 Å². The van der Waals surface area contributed by atoms with Crippen molar-refractivity contribution in [2.75, 3.05) is 0 Å². The van der Waals surface area contributed by atoms with Crippen molar-refractivity contribution in [3.8, 4) is 33.4 Å². The molecule has 6 aromatic carbocycles. The van der Waals surface area contributed by atoms with Gasteiger partial charge in [0.2, 0.25) is 0 Å². The van der Waals surface area contributed by atoms with Crippen molar-refractivity contribution in [1.29, 1.82) is 0 Å². The zero-order chi connectivity index (χ0) is 29.2. The molecular formula is C42H34. The lowest BCUT2D eigenvalue weighted by atomic mass is 9.83. The van der Waals surface area contributed by atoms with Gasteiger partial charge in [-0.15, -0.1) is 0 Å². The second-order valence-electron chi connectivity index (χ2n) is 10.7. The van der Waals surface area contributed by atoms with Crippen LogP contribution in [-0.4, -0.2) is 0 Å². The third-order valence-corrected chi connectivity index (χ3v) is 8.15. The van der Waals surface area contributed by atoms with Gasteiger partial charge in [-0.3, -0.25) is 0 Å². The van der Waals surface area contributed by atoms with Gasteiger partial charge in [0.15, 0.2) is 0 Å². The van der Waals surface area contributed by atoms with Crippen molar-refractivity contribution in [2.24, 2.45) is 0 Å². The van der Waals surface area contributed by atoms with Gasteiger partial charge in [-0.25, -0.2) is 0 Å². The molecule has 42 heavy (non-hydrogen) atoms. The average Bonchev–Trinajstić information content (AvgIpc) is 3.03. The van der Waals surface area contributed by atoms with Gasteiger partial charge in [-0.05, 0) is 103 Å². The van der Waals surface area contributed by atoms with Gasteiger partial charge >= 0.3 is 0 Å². The number of rotatable bonds is 7. The molecule has 0 aliphatic rings. The number of fused-ring (bicyclic) bond motifs is 2. The maximum Gasteiger partial charge on any atom is -0.00264 e. The summed E-state index contributed by atoms with van der Waals surface area (Å²) in [7, 11) is 0. The van der Waals surface area contributed by atoms with Crippen LogP contribution in [0.25, 0.3) is 79.2 Å². The van der Waals surface area contributed by atoms with Crippen LogP contribution >= 0.6 is 0 Å². The van der Waals surface area contributed by atoms with E-state index in [1.807, 2.05) is 25.2 Å². The smallest absolute Gasteiger partial charge is 0.00264 e. The van der Waals surface area contributed by atoms with E-state index in [0.29, 0.717) is 0 Å². The van der Waals surface area contributed by atoms with E-state index in [1.165, 1.54) is 60.5 Å². The number of hydrogen-bond donors (Lipinski definition) is 0. The molecule has 0 heterocycles. The normalized spacial score (nSPS) is 11.3. The molecule has 0 spiro atoms. The largest absolute Gasteiger partial charge is 0.0984 e. The highest BCUT2D eigenvalue weighted by Gasteiger charge is 2.19. The van der Waals surface area contributed by atoms with Crippen molar-refractivity contribution < 1.29 is 0 Å². The highest BCUT2D eigenvalue weighted by Crippen LogP contribution is 2.44. The molecule has 0 aromatic heterocycles. The summed E-state index contributed by atoms with van der Waals surface area (Å²) in [5.41, 5.74) is 12.8. The summed E-state index contributed by atoms with van der Waals surface area (Å²) in [6.45, 7) is 16.7. The summed E-state index contributed by atoms with van der Waals surface area (Å²) in [5, 5.41) is 4.89. The molecule has 0 saturated heterocycles. The van der Waals surface area contributed by atoms with Crippen LogP contribution in [0.5, 0.6) is 0 Å². The maximum atomic E-state index is 4.27. The van der Waals surface area contributed by atoms with Gasteiger partial charge in [0.05, 0.1) is 0 Å². The van der Waals surface area contributed by atoms with Crippen LogP contribution in [0.3, 0.4) is 0 Å². The van der Waals surface area contributed by atoms with Crippen molar-refractivity contribution in [2.45, 2.75) is 13.8 Å². The summed E-state index contributed by atoms with van der Waals surface area (Å²) >= 11 is 0. The maximum absolute atomic E-state index is 4.27. The Kier molecular flexibility index (Phi) is 7.30. The second kappa shape index (κ2) is 11.4. The predicted octanol–water partition coefficient (Wildman–Crippen LogP) is 12.3. The van der Waals surface area contributed by atoms with Crippen molar-refractivity contribution in [3.63, 3.8) is 0 Å². The zero-order valence-corrected chi connectivity index (χ0v) is 24.3. The first-order valence-electron chi connectivity index (χ1n) is 14.4. The Morgan fingerprint density at radius 1 is 0.500 bits per heavy atom. The van der Waals surface area contributed by atoms with E-state index in [9.17, 15) is 0 Å². The molecule has 0 fully saturated rings. The minimum atomic E-state index is 1.10. The van der Waals surface area contributed by atoms with Crippen LogP contribution in [0.2, 0.25) is 0 Å². The summed E-state index contributed by atoms with van der Waals surface area (Å²) in [6.07, 6.45) is 10.1. The first-order valence-corrected chi connectivity index (χ1v) is 14.4. The fourth-order valence-electron chi connectivity index (χ4n) is 6.14. The molecule has 202 valence electrons. The monoisotopic (exact) mass is 538 g/mol. The molecule has 6 aromatic rings. The highest BCUT2D eigenvalue weighted by molar-refractivity contribution is 6.12. The van der Waals surface area contributed by atoms with E-state index in [2.05, 4.69) is 142 Å².